The Morgan fingerprint density at radius 1 is 1.25 bits per heavy atom. The van der Waals surface area contributed by atoms with Crippen molar-refractivity contribution in [2.24, 2.45) is 0 Å². The van der Waals surface area contributed by atoms with Gasteiger partial charge in [0.05, 0.1) is 0 Å². The zero-order valence-electron chi connectivity index (χ0n) is 9.32. The Morgan fingerprint density at radius 2 is 2.00 bits per heavy atom. The standard InChI is InChI=1S/C9H18N2O5/c1-15-6-4-2-3-5-10-9(14)11-16-7-8(12)13/h2-7H2,1H3,(H,12,13)(H2,10,11,14). The van der Waals surface area contributed by atoms with Gasteiger partial charge in [-0.3, -0.25) is 4.84 Å². The molecule has 0 aromatic carbocycles. The summed E-state index contributed by atoms with van der Waals surface area (Å²) >= 11 is 0. The lowest BCUT2D eigenvalue weighted by atomic mass is 10.2. The van der Waals surface area contributed by atoms with Gasteiger partial charge in [0.15, 0.2) is 6.61 Å². The summed E-state index contributed by atoms with van der Waals surface area (Å²) in [4.78, 5) is 25.4. The van der Waals surface area contributed by atoms with Crippen LogP contribution in [0, 0.1) is 0 Å². The Kier molecular flexibility index (Phi) is 9.33. The molecule has 94 valence electrons. The predicted molar refractivity (Wildman–Crippen MR) is 55.8 cm³/mol. The molecule has 0 aromatic heterocycles. The summed E-state index contributed by atoms with van der Waals surface area (Å²) in [5.74, 6) is -1.14. The summed E-state index contributed by atoms with van der Waals surface area (Å²) in [6.45, 7) is 0.682. The monoisotopic (exact) mass is 234 g/mol. The molecule has 0 fully saturated rings. The Hall–Kier alpha value is -1.34. The first-order valence-corrected chi connectivity index (χ1v) is 5.03. The fraction of sp³-hybridized carbons (Fsp3) is 0.778. The number of carboxylic acids is 1. The Labute approximate surface area is 94.1 Å². The Bertz CT molecular complexity index is 210. The van der Waals surface area contributed by atoms with Crippen LogP contribution in [0.4, 0.5) is 4.79 Å². The number of hydrogen-bond donors (Lipinski definition) is 3. The minimum atomic E-state index is -1.14. The number of methoxy groups -OCH3 is 1. The molecular weight excluding hydrogens is 216 g/mol. The van der Waals surface area contributed by atoms with Crippen molar-refractivity contribution in [3.8, 4) is 0 Å². The van der Waals surface area contributed by atoms with Gasteiger partial charge >= 0.3 is 12.0 Å². The number of aliphatic carboxylic acids is 1. The number of carbonyl (C=O) groups excluding carboxylic acids is 1. The van der Waals surface area contributed by atoms with Crippen LogP contribution >= 0.6 is 0 Å². The number of hydrogen-bond acceptors (Lipinski definition) is 4. The number of ether oxygens (including phenoxy) is 1. The number of unbranched alkanes of at least 4 members (excludes halogenated alkanes) is 2. The molecule has 0 aromatic rings. The van der Waals surface area contributed by atoms with Crippen molar-refractivity contribution < 1.29 is 24.3 Å². The highest BCUT2D eigenvalue weighted by molar-refractivity contribution is 5.73. The van der Waals surface area contributed by atoms with Gasteiger partial charge in [-0.25, -0.2) is 15.1 Å². The molecule has 0 saturated carbocycles. The molecule has 0 aliphatic heterocycles. The van der Waals surface area contributed by atoms with Crippen LogP contribution in [0.25, 0.3) is 0 Å². The molecule has 0 radical (unpaired) electrons. The van der Waals surface area contributed by atoms with Gasteiger partial charge in [0, 0.05) is 20.3 Å². The topological polar surface area (TPSA) is 96.9 Å². The maximum atomic E-state index is 10.9. The number of rotatable bonds is 9. The second-order valence-electron chi connectivity index (χ2n) is 3.09. The molecule has 0 rings (SSSR count). The normalized spacial score (nSPS) is 9.81. The van der Waals surface area contributed by atoms with Crippen LogP contribution in [-0.2, 0) is 14.4 Å². The van der Waals surface area contributed by atoms with E-state index in [0.29, 0.717) is 13.2 Å². The van der Waals surface area contributed by atoms with E-state index in [1.165, 1.54) is 0 Å². The lowest BCUT2D eigenvalue weighted by Gasteiger charge is -2.06. The van der Waals surface area contributed by atoms with Gasteiger partial charge in [-0.05, 0) is 19.3 Å². The number of urea groups is 1. The summed E-state index contributed by atoms with van der Waals surface area (Å²) in [6, 6.07) is -0.534. The van der Waals surface area contributed by atoms with Crippen LogP contribution in [0.1, 0.15) is 19.3 Å². The van der Waals surface area contributed by atoms with Crippen molar-refractivity contribution in [2.45, 2.75) is 19.3 Å². The van der Waals surface area contributed by atoms with Crippen LogP contribution < -0.4 is 10.8 Å². The number of carbonyl (C=O) groups is 2. The molecule has 16 heavy (non-hydrogen) atoms. The molecule has 7 heteroatoms. The maximum Gasteiger partial charge on any atom is 0.338 e. The van der Waals surface area contributed by atoms with Crippen molar-refractivity contribution in [1.29, 1.82) is 0 Å². The SMILES string of the molecule is COCCCCCNC(=O)NOCC(=O)O. The van der Waals surface area contributed by atoms with Crippen molar-refractivity contribution in [1.82, 2.24) is 10.8 Å². The highest BCUT2D eigenvalue weighted by Gasteiger charge is 2.01. The van der Waals surface area contributed by atoms with E-state index in [9.17, 15) is 9.59 Å². The van der Waals surface area contributed by atoms with E-state index < -0.39 is 18.6 Å². The summed E-state index contributed by atoms with van der Waals surface area (Å²) in [6.07, 6.45) is 2.76. The highest BCUT2D eigenvalue weighted by atomic mass is 16.7. The minimum Gasteiger partial charge on any atom is -0.479 e. The molecule has 0 atom stereocenters. The van der Waals surface area contributed by atoms with E-state index in [2.05, 4.69) is 10.2 Å². The maximum absolute atomic E-state index is 10.9. The fourth-order valence-electron chi connectivity index (χ4n) is 0.950. The van der Waals surface area contributed by atoms with Crippen LogP contribution in [0.3, 0.4) is 0 Å². The molecule has 0 bridgehead atoms. The first-order chi connectivity index (χ1) is 7.66. The van der Waals surface area contributed by atoms with Crippen LogP contribution in [0.5, 0.6) is 0 Å². The largest absolute Gasteiger partial charge is 0.479 e. The fourth-order valence-corrected chi connectivity index (χ4v) is 0.950. The molecule has 3 N–H and O–H groups in total. The van der Waals surface area contributed by atoms with Crippen molar-refractivity contribution >= 4 is 12.0 Å². The van der Waals surface area contributed by atoms with Gasteiger partial charge in [0.2, 0.25) is 0 Å². The molecule has 0 heterocycles. The van der Waals surface area contributed by atoms with Gasteiger partial charge in [-0.2, -0.15) is 0 Å². The first kappa shape index (κ1) is 14.7. The van der Waals surface area contributed by atoms with Gasteiger partial charge < -0.3 is 15.2 Å². The van der Waals surface area contributed by atoms with Gasteiger partial charge in [0.25, 0.3) is 0 Å². The second kappa shape index (κ2) is 10.2. The molecule has 2 amide bonds. The molecule has 0 aliphatic rings. The number of amides is 2. The molecule has 0 aliphatic carbocycles. The minimum absolute atomic E-state index is 0.520. The zero-order chi connectivity index (χ0) is 12.2. The molecule has 0 spiro atoms. The van der Waals surface area contributed by atoms with Gasteiger partial charge in [-0.15, -0.1) is 0 Å². The predicted octanol–water partition coefficient (Wildman–Crippen LogP) is 0.119. The van der Waals surface area contributed by atoms with Crippen molar-refractivity contribution in [3.63, 3.8) is 0 Å². The smallest absolute Gasteiger partial charge is 0.338 e. The summed E-state index contributed by atoms with van der Waals surface area (Å²) in [7, 11) is 1.64. The molecule has 7 nitrogen and oxygen atoms in total. The summed E-state index contributed by atoms with van der Waals surface area (Å²) in [5.41, 5.74) is 1.96. The Morgan fingerprint density at radius 3 is 2.62 bits per heavy atom. The number of carboxylic acid groups (broad SMARTS) is 1. The third kappa shape index (κ3) is 10.7. The molecular formula is C9H18N2O5. The zero-order valence-corrected chi connectivity index (χ0v) is 9.32. The molecule has 0 unspecified atom stereocenters. The number of hydroxylamine groups is 1. The quantitative estimate of drug-likeness (QED) is 0.389. The van der Waals surface area contributed by atoms with Crippen molar-refractivity contribution in [2.75, 3.05) is 26.9 Å². The number of nitrogens with one attached hydrogen (secondary N) is 2. The third-order valence-corrected chi connectivity index (χ3v) is 1.67. The van der Waals surface area contributed by atoms with Crippen molar-refractivity contribution in [3.05, 3.63) is 0 Å². The third-order valence-electron chi connectivity index (χ3n) is 1.67. The average molecular weight is 234 g/mol. The van der Waals surface area contributed by atoms with E-state index in [-0.39, 0.29) is 0 Å². The Balaban J connectivity index is 3.20. The van der Waals surface area contributed by atoms with E-state index in [4.69, 9.17) is 9.84 Å². The molecule has 0 saturated heterocycles. The average Bonchev–Trinajstić information content (AvgIpc) is 2.22. The van der Waals surface area contributed by atoms with Crippen LogP contribution in [0.2, 0.25) is 0 Å². The summed E-state index contributed by atoms with van der Waals surface area (Å²) in [5, 5.41) is 10.7. The van der Waals surface area contributed by atoms with Crippen LogP contribution in [-0.4, -0.2) is 44.0 Å². The van der Waals surface area contributed by atoms with Gasteiger partial charge in [0.1, 0.15) is 0 Å². The van der Waals surface area contributed by atoms with E-state index in [1.54, 1.807) is 7.11 Å². The van der Waals surface area contributed by atoms with E-state index in [1.807, 2.05) is 5.48 Å². The van der Waals surface area contributed by atoms with E-state index >= 15 is 0 Å². The summed E-state index contributed by atoms with van der Waals surface area (Å²) < 4.78 is 4.87. The first-order valence-electron chi connectivity index (χ1n) is 5.03. The van der Waals surface area contributed by atoms with Gasteiger partial charge in [-0.1, -0.05) is 0 Å². The second-order valence-corrected chi connectivity index (χ2v) is 3.09. The highest BCUT2D eigenvalue weighted by Crippen LogP contribution is 1.93. The van der Waals surface area contributed by atoms with E-state index in [0.717, 1.165) is 19.3 Å². The van der Waals surface area contributed by atoms with Crippen LogP contribution in [0.15, 0.2) is 0 Å². The lowest BCUT2D eigenvalue weighted by molar-refractivity contribution is -0.144. The lowest BCUT2D eigenvalue weighted by Crippen LogP contribution is -2.37.